The van der Waals surface area contributed by atoms with Crippen molar-refractivity contribution in [1.82, 2.24) is 9.97 Å². The standard InChI is InChI=1S/C23H16Cl2N4OS2/c24-19-6-2-1-5-18(19)20-13-32-23(28-20)29-21(30)14-31-17-9-7-16(8-10-17)27-12-15-4-3-11-26-22(15)25/h1-13H,14H2,(H,28,29,30). The van der Waals surface area contributed by atoms with E-state index in [2.05, 4.69) is 20.3 Å². The van der Waals surface area contributed by atoms with Crippen molar-refractivity contribution in [1.29, 1.82) is 0 Å². The molecular weight excluding hydrogens is 483 g/mol. The van der Waals surface area contributed by atoms with E-state index in [1.807, 2.05) is 60.0 Å². The van der Waals surface area contributed by atoms with Crippen molar-refractivity contribution in [2.45, 2.75) is 4.90 Å². The van der Waals surface area contributed by atoms with Gasteiger partial charge in [0.1, 0.15) is 5.15 Å². The van der Waals surface area contributed by atoms with Gasteiger partial charge in [0, 0.05) is 38.8 Å². The summed E-state index contributed by atoms with van der Waals surface area (Å²) < 4.78 is 0. The number of thiazole rings is 1. The molecule has 0 spiro atoms. The average molecular weight is 499 g/mol. The number of amides is 1. The molecule has 2 aromatic heterocycles. The number of hydrogen-bond acceptors (Lipinski definition) is 6. The lowest BCUT2D eigenvalue weighted by Gasteiger charge is -2.03. The van der Waals surface area contributed by atoms with E-state index in [1.54, 1.807) is 18.5 Å². The summed E-state index contributed by atoms with van der Waals surface area (Å²) >= 11 is 15.1. The number of rotatable bonds is 7. The number of thioether (sulfide) groups is 1. The quantitative estimate of drug-likeness (QED) is 0.169. The Balaban J connectivity index is 1.30. The number of nitrogens with one attached hydrogen (secondary N) is 1. The third kappa shape index (κ3) is 5.95. The Morgan fingerprint density at radius 3 is 2.69 bits per heavy atom. The number of carbonyl (C=O) groups is 1. The molecule has 160 valence electrons. The Kier molecular flexibility index (Phi) is 7.55. The Morgan fingerprint density at radius 1 is 1.09 bits per heavy atom. The first-order valence-corrected chi connectivity index (χ1v) is 12.1. The van der Waals surface area contributed by atoms with Crippen LogP contribution in [0.5, 0.6) is 0 Å². The molecule has 0 radical (unpaired) electrons. The minimum atomic E-state index is -0.122. The van der Waals surface area contributed by atoms with Crippen molar-refractivity contribution in [3.63, 3.8) is 0 Å². The highest BCUT2D eigenvalue weighted by Gasteiger charge is 2.10. The van der Waals surface area contributed by atoms with E-state index in [9.17, 15) is 4.79 Å². The fourth-order valence-electron chi connectivity index (χ4n) is 2.70. The number of hydrogen-bond donors (Lipinski definition) is 1. The topological polar surface area (TPSA) is 67.2 Å². The first-order chi connectivity index (χ1) is 15.6. The van der Waals surface area contributed by atoms with Crippen LogP contribution in [0.3, 0.4) is 0 Å². The van der Waals surface area contributed by atoms with Crippen LogP contribution in [0.4, 0.5) is 10.8 Å². The number of nitrogens with zero attached hydrogens (tertiary/aromatic N) is 3. The van der Waals surface area contributed by atoms with Crippen LogP contribution in [0.15, 0.2) is 82.1 Å². The lowest BCUT2D eigenvalue weighted by molar-refractivity contribution is -0.113. The number of aromatic nitrogens is 2. The van der Waals surface area contributed by atoms with Crippen molar-refractivity contribution in [3.8, 4) is 11.3 Å². The van der Waals surface area contributed by atoms with Gasteiger partial charge in [-0.15, -0.1) is 23.1 Å². The Bertz CT molecular complexity index is 1260. The van der Waals surface area contributed by atoms with E-state index < -0.39 is 0 Å². The molecule has 32 heavy (non-hydrogen) atoms. The van der Waals surface area contributed by atoms with E-state index >= 15 is 0 Å². The minimum absolute atomic E-state index is 0.122. The van der Waals surface area contributed by atoms with Crippen LogP contribution in [0.1, 0.15) is 5.56 Å². The molecule has 0 aliphatic rings. The molecule has 4 rings (SSSR count). The van der Waals surface area contributed by atoms with Gasteiger partial charge in [-0.2, -0.15) is 0 Å². The molecule has 1 amide bonds. The molecule has 0 fully saturated rings. The number of aliphatic imine (C=N–C) groups is 1. The van der Waals surface area contributed by atoms with Crippen LogP contribution in [0.25, 0.3) is 11.3 Å². The highest BCUT2D eigenvalue weighted by Crippen LogP contribution is 2.30. The fourth-order valence-corrected chi connectivity index (χ4v) is 4.52. The highest BCUT2D eigenvalue weighted by atomic mass is 35.5. The van der Waals surface area contributed by atoms with Crippen LogP contribution in [0.2, 0.25) is 10.2 Å². The van der Waals surface area contributed by atoms with E-state index in [0.29, 0.717) is 15.3 Å². The van der Waals surface area contributed by atoms with Gasteiger partial charge in [-0.05, 0) is 42.5 Å². The lowest BCUT2D eigenvalue weighted by Crippen LogP contribution is -2.13. The molecule has 0 bridgehead atoms. The molecule has 0 unspecified atom stereocenters. The molecule has 5 nitrogen and oxygen atoms in total. The molecule has 2 heterocycles. The minimum Gasteiger partial charge on any atom is -0.301 e. The lowest BCUT2D eigenvalue weighted by atomic mass is 10.2. The molecule has 9 heteroatoms. The first-order valence-electron chi connectivity index (χ1n) is 9.46. The number of carbonyl (C=O) groups excluding carboxylic acids is 1. The van der Waals surface area contributed by atoms with Crippen molar-refractivity contribution in [3.05, 3.63) is 88.0 Å². The number of pyridine rings is 1. The van der Waals surface area contributed by atoms with Crippen LogP contribution >= 0.6 is 46.3 Å². The maximum absolute atomic E-state index is 12.3. The van der Waals surface area contributed by atoms with Crippen molar-refractivity contribution < 1.29 is 4.79 Å². The number of anilines is 1. The van der Waals surface area contributed by atoms with Gasteiger partial charge < -0.3 is 5.32 Å². The van der Waals surface area contributed by atoms with Crippen molar-refractivity contribution in [2.24, 2.45) is 4.99 Å². The van der Waals surface area contributed by atoms with Gasteiger partial charge in [0.05, 0.1) is 17.1 Å². The molecular formula is C23H16Cl2N4OS2. The zero-order chi connectivity index (χ0) is 22.3. The summed E-state index contributed by atoms with van der Waals surface area (Å²) in [5, 5.41) is 6.30. The second kappa shape index (κ2) is 10.7. The smallest absolute Gasteiger partial charge is 0.236 e. The van der Waals surface area contributed by atoms with Gasteiger partial charge in [-0.1, -0.05) is 41.4 Å². The van der Waals surface area contributed by atoms with Gasteiger partial charge in [0.15, 0.2) is 5.13 Å². The Hall–Kier alpha value is -2.71. The van der Waals surface area contributed by atoms with E-state index in [1.165, 1.54) is 23.1 Å². The van der Waals surface area contributed by atoms with Crippen LogP contribution in [0, 0.1) is 0 Å². The van der Waals surface area contributed by atoms with Crippen LogP contribution in [-0.2, 0) is 4.79 Å². The maximum atomic E-state index is 12.3. The molecule has 0 saturated carbocycles. The Morgan fingerprint density at radius 2 is 1.91 bits per heavy atom. The third-order valence-electron chi connectivity index (χ3n) is 4.25. The van der Waals surface area contributed by atoms with Crippen molar-refractivity contribution >= 4 is 69.2 Å². The predicted molar refractivity (Wildman–Crippen MR) is 135 cm³/mol. The number of halogens is 2. The van der Waals surface area contributed by atoms with E-state index in [0.717, 1.165) is 27.4 Å². The molecule has 0 atom stereocenters. The normalized spacial score (nSPS) is 11.1. The molecule has 0 aliphatic heterocycles. The SMILES string of the molecule is O=C(CSc1ccc(N=Cc2cccnc2Cl)cc1)Nc1nc(-c2ccccc2Cl)cs1. The zero-order valence-corrected chi connectivity index (χ0v) is 19.7. The molecule has 2 aromatic carbocycles. The first kappa shape index (κ1) is 22.5. The van der Waals surface area contributed by atoms with Gasteiger partial charge in [0.25, 0.3) is 0 Å². The summed E-state index contributed by atoms with van der Waals surface area (Å²) in [5.74, 6) is 0.151. The summed E-state index contributed by atoms with van der Waals surface area (Å²) in [6, 6.07) is 18.8. The van der Waals surface area contributed by atoms with Crippen molar-refractivity contribution in [2.75, 3.05) is 11.1 Å². The van der Waals surface area contributed by atoms with Crippen LogP contribution in [-0.4, -0.2) is 27.8 Å². The predicted octanol–water partition coefficient (Wildman–Crippen LogP) is 6.99. The van der Waals surface area contributed by atoms with E-state index in [4.69, 9.17) is 23.2 Å². The molecule has 0 aliphatic carbocycles. The molecule has 4 aromatic rings. The van der Waals surface area contributed by atoms with Gasteiger partial charge >= 0.3 is 0 Å². The highest BCUT2D eigenvalue weighted by molar-refractivity contribution is 8.00. The summed E-state index contributed by atoms with van der Waals surface area (Å²) in [5.41, 5.74) is 3.12. The maximum Gasteiger partial charge on any atom is 0.236 e. The second-order valence-electron chi connectivity index (χ2n) is 6.49. The summed E-state index contributed by atoms with van der Waals surface area (Å²) in [7, 11) is 0. The summed E-state index contributed by atoms with van der Waals surface area (Å²) in [6.45, 7) is 0. The van der Waals surface area contributed by atoms with Gasteiger partial charge in [0.2, 0.25) is 5.91 Å². The monoisotopic (exact) mass is 498 g/mol. The third-order valence-corrected chi connectivity index (χ3v) is 6.66. The second-order valence-corrected chi connectivity index (χ2v) is 9.16. The Labute approximate surface area is 203 Å². The number of benzene rings is 2. The largest absolute Gasteiger partial charge is 0.301 e. The van der Waals surface area contributed by atoms with E-state index in [-0.39, 0.29) is 11.7 Å². The zero-order valence-electron chi connectivity index (χ0n) is 16.5. The summed E-state index contributed by atoms with van der Waals surface area (Å²) in [6.07, 6.45) is 3.31. The van der Waals surface area contributed by atoms with Crippen LogP contribution < -0.4 is 5.32 Å². The average Bonchev–Trinajstić information content (AvgIpc) is 3.26. The van der Waals surface area contributed by atoms with Gasteiger partial charge in [-0.3, -0.25) is 9.79 Å². The molecule has 1 N–H and O–H groups in total. The fraction of sp³-hybridized carbons (Fsp3) is 0.0435. The van der Waals surface area contributed by atoms with Gasteiger partial charge in [-0.25, -0.2) is 9.97 Å². The molecule has 0 saturated heterocycles. The summed E-state index contributed by atoms with van der Waals surface area (Å²) in [4.78, 5) is 26.2.